The van der Waals surface area contributed by atoms with Gasteiger partial charge in [-0.2, -0.15) is 5.26 Å². The van der Waals surface area contributed by atoms with Crippen molar-refractivity contribution in [3.8, 4) is 6.07 Å². The van der Waals surface area contributed by atoms with Crippen LogP contribution in [0, 0.1) is 28.4 Å². The van der Waals surface area contributed by atoms with E-state index in [1.165, 1.54) is 4.57 Å². The van der Waals surface area contributed by atoms with Gasteiger partial charge in [-0.25, -0.2) is 34.5 Å². The molecule has 0 atom stereocenters. The number of nitrogens with zero attached hydrogens (tertiary/aromatic N) is 4. The Hall–Kier alpha value is -3.11. The van der Waals surface area contributed by atoms with Crippen molar-refractivity contribution in [3.63, 3.8) is 0 Å². The number of hydrogen-bond donors (Lipinski definition) is 2. The maximum atomic E-state index is 15.3. The Balaban J connectivity index is 2.44. The van der Waals surface area contributed by atoms with Crippen molar-refractivity contribution < 1.29 is 36.9 Å². The number of carbonyl (C=O) groups excluding carboxylic acids is 2. The lowest BCUT2D eigenvalue weighted by Crippen LogP contribution is -2.40. The number of ether oxygens (including phenoxy) is 2. The first-order valence-electron chi connectivity index (χ1n) is 11.6. The monoisotopic (exact) mass is 558 g/mol. The van der Waals surface area contributed by atoms with E-state index in [0.717, 1.165) is 11.0 Å². The first kappa shape index (κ1) is 31.1. The van der Waals surface area contributed by atoms with Crippen molar-refractivity contribution in [2.24, 2.45) is 16.4 Å². The zero-order valence-electron chi connectivity index (χ0n) is 22.2. The average molecular weight is 559 g/mol. The molecule has 0 bridgehead atoms. The number of rotatable bonds is 9. The van der Waals surface area contributed by atoms with Crippen LogP contribution >= 0.6 is 7.67 Å². The van der Waals surface area contributed by atoms with Gasteiger partial charge >= 0.3 is 13.8 Å². The van der Waals surface area contributed by atoms with E-state index in [0.29, 0.717) is 0 Å². The molecule has 4 N–H and O–H groups in total. The van der Waals surface area contributed by atoms with Gasteiger partial charge in [0.2, 0.25) is 11.9 Å². The van der Waals surface area contributed by atoms with Crippen LogP contribution < -0.4 is 15.9 Å². The second kappa shape index (κ2) is 11.7. The molecular formula is C23H33F2N6O6P. The number of aromatic nitrogens is 2. The minimum absolute atomic E-state index is 0.0251. The quantitative estimate of drug-likeness (QED) is 0.196. The lowest BCUT2D eigenvalue weighted by molar-refractivity contribution is -0.121. The third-order valence-electron chi connectivity index (χ3n) is 4.93. The largest absolute Gasteiger partial charge is 0.510 e. The number of carbonyl (C=O) groups is 2. The van der Waals surface area contributed by atoms with E-state index in [-0.39, 0.29) is 43.0 Å². The smallest absolute Gasteiger partial charge is 0.434 e. The standard InChI is InChI=1S/C23H33F2N6O6P/c1-22(2,3)11-16(32)30(13-36-21(33)35-8-7-9-37-38(27,28)34)20-29-18-15(24)10-14(12-26)17(25)19(18)31(20)23(4,5)6/h10H,7-9,11,13H2,1-6H3,(H4,27,28,34). The van der Waals surface area contributed by atoms with E-state index in [1.807, 2.05) is 20.8 Å². The van der Waals surface area contributed by atoms with Crippen LogP contribution in [0.2, 0.25) is 0 Å². The fourth-order valence-corrected chi connectivity index (χ4v) is 3.85. The topological polar surface area (TPSA) is 176 Å². The van der Waals surface area contributed by atoms with Crippen LogP contribution in [0.4, 0.5) is 19.5 Å². The first-order valence-corrected chi connectivity index (χ1v) is 13.3. The van der Waals surface area contributed by atoms with Crippen molar-refractivity contribution in [2.45, 2.75) is 59.9 Å². The second-order valence-corrected chi connectivity index (χ2v) is 12.3. The Kier molecular flexibility index (Phi) is 9.61. The zero-order valence-corrected chi connectivity index (χ0v) is 23.1. The summed E-state index contributed by atoms with van der Waals surface area (Å²) in [6, 6.07) is 2.35. The van der Waals surface area contributed by atoms with Crippen molar-refractivity contribution in [1.82, 2.24) is 9.55 Å². The van der Waals surface area contributed by atoms with Gasteiger partial charge < -0.3 is 18.6 Å². The van der Waals surface area contributed by atoms with Crippen LogP contribution in [-0.4, -0.2) is 41.6 Å². The molecule has 0 aliphatic carbocycles. The number of nitriles is 1. The van der Waals surface area contributed by atoms with Crippen LogP contribution in [0.1, 0.15) is 59.9 Å². The summed E-state index contributed by atoms with van der Waals surface area (Å²) in [5, 5.41) is 9.26. The number of hydrogen-bond acceptors (Lipinski definition) is 8. The third kappa shape index (κ3) is 8.19. The summed E-state index contributed by atoms with van der Waals surface area (Å²) >= 11 is 0. The summed E-state index contributed by atoms with van der Waals surface area (Å²) in [5.74, 6) is -2.67. The zero-order chi connectivity index (χ0) is 29.1. The number of anilines is 1. The lowest BCUT2D eigenvalue weighted by atomic mass is 9.92. The predicted octanol–water partition coefficient (Wildman–Crippen LogP) is 4.25. The van der Waals surface area contributed by atoms with Gasteiger partial charge in [-0.1, -0.05) is 20.8 Å². The number of halogens is 2. The van der Waals surface area contributed by atoms with Crippen molar-refractivity contribution in [1.29, 1.82) is 5.26 Å². The summed E-state index contributed by atoms with van der Waals surface area (Å²) in [5.41, 5.74) is 7.46. The Labute approximate surface area is 219 Å². The van der Waals surface area contributed by atoms with Gasteiger partial charge in [0, 0.05) is 18.4 Å². The van der Waals surface area contributed by atoms with Gasteiger partial charge in [0.25, 0.3) is 0 Å². The molecule has 1 heterocycles. The molecule has 0 saturated carbocycles. The van der Waals surface area contributed by atoms with E-state index in [2.05, 4.69) is 9.51 Å². The fourth-order valence-electron chi connectivity index (χ4n) is 3.43. The molecule has 12 nitrogen and oxygen atoms in total. The Bertz CT molecular complexity index is 1290. The molecule has 1 aromatic carbocycles. The number of imidazole rings is 1. The molecule has 0 radical (unpaired) electrons. The van der Waals surface area contributed by atoms with Gasteiger partial charge in [0.05, 0.1) is 18.8 Å². The molecule has 0 fully saturated rings. The normalized spacial score (nSPS) is 12.3. The highest BCUT2D eigenvalue weighted by molar-refractivity contribution is 7.53. The minimum Gasteiger partial charge on any atom is -0.434 e. The molecular weight excluding hydrogens is 525 g/mol. The van der Waals surface area contributed by atoms with E-state index in [4.69, 9.17) is 20.5 Å². The molecule has 38 heavy (non-hydrogen) atoms. The summed E-state index contributed by atoms with van der Waals surface area (Å²) in [6.45, 7) is 9.47. The third-order valence-corrected chi connectivity index (χ3v) is 5.52. The van der Waals surface area contributed by atoms with Crippen LogP contribution in [0.3, 0.4) is 0 Å². The Morgan fingerprint density at radius 1 is 1.16 bits per heavy atom. The molecule has 1 aromatic heterocycles. The number of amides is 1. The van der Waals surface area contributed by atoms with E-state index in [1.54, 1.807) is 26.8 Å². The molecule has 0 aliphatic rings. The minimum atomic E-state index is -3.66. The lowest BCUT2D eigenvalue weighted by Gasteiger charge is -2.30. The molecule has 0 aliphatic heterocycles. The van der Waals surface area contributed by atoms with Gasteiger partial charge in [-0.05, 0) is 32.3 Å². The Morgan fingerprint density at radius 3 is 2.32 bits per heavy atom. The summed E-state index contributed by atoms with van der Waals surface area (Å²) < 4.78 is 57.3. The van der Waals surface area contributed by atoms with Gasteiger partial charge in [0.1, 0.15) is 17.1 Å². The average Bonchev–Trinajstić information content (AvgIpc) is 3.16. The van der Waals surface area contributed by atoms with Crippen molar-refractivity contribution >= 4 is 36.7 Å². The fraction of sp³-hybridized carbons (Fsp3) is 0.565. The second-order valence-electron chi connectivity index (χ2n) is 10.7. The number of fused-ring (bicyclic) bond motifs is 1. The van der Waals surface area contributed by atoms with Crippen LogP contribution in [0.25, 0.3) is 11.0 Å². The summed E-state index contributed by atoms with van der Waals surface area (Å²) in [6.07, 6.45) is -1.06. The predicted molar refractivity (Wildman–Crippen MR) is 135 cm³/mol. The molecule has 0 spiro atoms. The Morgan fingerprint density at radius 2 is 1.79 bits per heavy atom. The highest BCUT2D eigenvalue weighted by Gasteiger charge is 2.34. The molecule has 2 aromatic rings. The number of nitrogens with two attached hydrogens (primary N) is 2. The highest BCUT2D eigenvalue weighted by atomic mass is 31.2. The molecule has 210 valence electrons. The van der Waals surface area contributed by atoms with E-state index < -0.39 is 54.6 Å². The van der Waals surface area contributed by atoms with Gasteiger partial charge in [0.15, 0.2) is 18.4 Å². The maximum absolute atomic E-state index is 15.3. The van der Waals surface area contributed by atoms with E-state index >= 15 is 4.39 Å². The molecule has 1 amide bonds. The summed E-state index contributed by atoms with van der Waals surface area (Å²) in [4.78, 5) is 30.7. The maximum Gasteiger partial charge on any atom is 0.510 e. The van der Waals surface area contributed by atoms with Gasteiger partial charge in [-0.15, -0.1) is 0 Å². The first-order chi connectivity index (χ1) is 17.4. The van der Waals surface area contributed by atoms with Crippen LogP contribution in [-0.2, 0) is 28.9 Å². The SMILES string of the molecule is CC(C)(C)CC(=O)N(COC(=O)OCCCOP(N)(N)=O)c1nc2c(F)cc(C#N)c(F)c2n1C(C)(C)C. The molecule has 2 rings (SSSR count). The van der Waals surface area contributed by atoms with Crippen molar-refractivity contribution in [2.75, 3.05) is 24.8 Å². The van der Waals surface area contributed by atoms with Crippen LogP contribution in [0.15, 0.2) is 6.07 Å². The van der Waals surface area contributed by atoms with E-state index in [9.17, 15) is 23.8 Å². The summed E-state index contributed by atoms with van der Waals surface area (Å²) in [7, 11) is -3.66. The molecule has 0 saturated heterocycles. The van der Waals surface area contributed by atoms with Gasteiger partial charge in [-0.3, -0.25) is 9.36 Å². The number of benzene rings is 1. The van der Waals surface area contributed by atoms with Crippen LogP contribution in [0.5, 0.6) is 0 Å². The molecule has 15 heteroatoms. The molecule has 0 unspecified atom stereocenters. The highest BCUT2D eigenvalue weighted by Crippen LogP contribution is 2.35. The van der Waals surface area contributed by atoms with Crippen molar-refractivity contribution in [3.05, 3.63) is 23.3 Å².